The molecule has 2 bridgehead atoms. The quantitative estimate of drug-likeness (QED) is 0.896. The Morgan fingerprint density at radius 3 is 2.79 bits per heavy atom. The SMILES string of the molecule is Cn1c(=O)oc2cc(S(=O)(=O)NC[C@H]3C[C@@H]4CC[C@@H]3C4)c(Cl)cc21. The maximum Gasteiger partial charge on any atom is 0.419 e. The van der Waals surface area contributed by atoms with Crippen LogP contribution in [0.2, 0.25) is 5.02 Å². The van der Waals surface area contributed by atoms with Crippen molar-refractivity contribution in [3.63, 3.8) is 0 Å². The average Bonchev–Trinajstić information content (AvgIpc) is 3.22. The largest absolute Gasteiger partial charge is 0.419 e. The zero-order valence-corrected chi connectivity index (χ0v) is 14.9. The molecule has 6 nitrogen and oxygen atoms in total. The molecule has 2 aliphatic rings. The van der Waals surface area contributed by atoms with Crippen LogP contribution in [-0.4, -0.2) is 19.5 Å². The van der Waals surface area contributed by atoms with Crippen molar-refractivity contribution < 1.29 is 12.8 Å². The van der Waals surface area contributed by atoms with E-state index in [1.54, 1.807) is 7.05 Å². The van der Waals surface area contributed by atoms with Gasteiger partial charge in [0.2, 0.25) is 10.0 Å². The number of hydrogen-bond acceptors (Lipinski definition) is 4. The fourth-order valence-corrected chi connectivity index (χ4v) is 5.89. The number of nitrogens with zero attached hydrogens (tertiary/aromatic N) is 1. The lowest BCUT2D eigenvalue weighted by atomic mass is 9.89. The maximum absolute atomic E-state index is 12.6. The minimum Gasteiger partial charge on any atom is -0.408 e. The van der Waals surface area contributed by atoms with E-state index in [1.165, 1.54) is 36.0 Å². The minimum absolute atomic E-state index is 0.0471. The molecule has 8 heteroatoms. The topological polar surface area (TPSA) is 81.3 Å². The molecule has 0 radical (unpaired) electrons. The van der Waals surface area contributed by atoms with E-state index >= 15 is 0 Å². The van der Waals surface area contributed by atoms with E-state index in [1.807, 2.05) is 0 Å². The number of aryl methyl sites for hydroxylation is 1. The van der Waals surface area contributed by atoms with Crippen molar-refractivity contribution in [2.45, 2.75) is 30.6 Å². The molecule has 3 atom stereocenters. The van der Waals surface area contributed by atoms with Gasteiger partial charge in [0.15, 0.2) is 5.58 Å². The molecule has 0 unspecified atom stereocenters. The van der Waals surface area contributed by atoms with E-state index in [2.05, 4.69) is 4.72 Å². The number of benzene rings is 1. The second-order valence-corrected chi connectivity index (χ2v) is 9.11. The third kappa shape index (κ3) is 2.59. The van der Waals surface area contributed by atoms with Crippen LogP contribution < -0.4 is 10.5 Å². The van der Waals surface area contributed by atoms with Gasteiger partial charge in [-0.2, -0.15) is 0 Å². The first kappa shape index (κ1) is 16.2. The van der Waals surface area contributed by atoms with Crippen LogP contribution in [0.4, 0.5) is 0 Å². The van der Waals surface area contributed by atoms with Gasteiger partial charge in [-0.15, -0.1) is 0 Å². The van der Waals surface area contributed by atoms with Crippen molar-refractivity contribution in [1.29, 1.82) is 0 Å². The van der Waals surface area contributed by atoms with Crippen molar-refractivity contribution >= 4 is 32.7 Å². The number of nitrogens with one attached hydrogen (secondary N) is 1. The Morgan fingerprint density at radius 2 is 2.12 bits per heavy atom. The second-order valence-electron chi connectivity index (χ2n) is 6.96. The molecule has 1 aromatic carbocycles. The first-order valence-corrected chi connectivity index (χ1v) is 10.00. The van der Waals surface area contributed by atoms with Crippen LogP contribution in [0.3, 0.4) is 0 Å². The highest BCUT2D eigenvalue weighted by molar-refractivity contribution is 7.89. The predicted octanol–water partition coefficient (Wildman–Crippen LogP) is 2.50. The van der Waals surface area contributed by atoms with Gasteiger partial charge in [0, 0.05) is 19.7 Å². The zero-order chi connectivity index (χ0) is 17.1. The first-order chi connectivity index (χ1) is 11.3. The molecule has 24 heavy (non-hydrogen) atoms. The van der Waals surface area contributed by atoms with Crippen LogP contribution in [0.25, 0.3) is 11.1 Å². The third-order valence-electron chi connectivity index (χ3n) is 5.56. The summed E-state index contributed by atoms with van der Waals surface area (Å²) in [6, 6.07) is 2.77. The first-order valence-electron chi connectivity index (χ1n) is 8.14. The van der Waals surface area contributed by atoms with Gasteiger partial charge in [0.1, 0.15) is 4.90 Å². The van der Waals surface area contributed by atoms with Gasteiger partial charge < -0.3 is 4.42 Å². The Morgan fingerprint density at radius 1 is 1.33 bits per heavy atom. The van der Waals surface area contributed by atoms with Gasteiger partial charge >= 0.3 is 5.76 Å². The number of fused-ring (bicyclic) bond motifs is 3. The normalized spacial score (nSPS) is 26.5. The van der Waals surface area contributed by atoms with Crippen LogP contribution in [0.5, 0.6) is 0 Å². The van der Waals surface area contributed by atoms with E-state index in [9.17, 15) is 13.2 Å². The van der Waals surface area contributed by atoms with Gasteiger partial charge in [-0.1, -0.05) is 18.0 Å². The van der Waals surface area contributed by atoms with Crippen molar-refractivity contribution in [2.75, 3.05) is 6.54 Å². The summed E-state index contributed by atoms with van der Waals surface area (Å²) < 4.78 is 34.3. The summed E-state index contributed by atoms with van der Waals surface area (Å²) in [6.07, 6.45) is 4.82. The van der Waals surface area contributed by atoms with Crippen LogP contribution in [0.15, 0.2) is 26.2 Å². The maximum atomic E-state index is 12.6. The van der Waals surface area contributed by atoms with Crippen molar-refractivity contribution in [2.24, 2.45) is 24.8 Å². The molecular weight excluding hydrogens is 352 g/mol. The van der Waals surface area contributed by atoms with Gasteiger partial charge in [0.05, 0.1) is 10.5 Å². The van der Waals surface area contributed by atoms with Gasteiger partial charge in [-0.25, -0.2) is 17.9 Å². The van der Waals surface area contributed by atoms with Gasteiger partial charge in [-0.05, 0) is 43.1 Å². The Labute approximate surface area is 144 Å². The summed E-state index contributed by atoms with van der Waals surface area (Å²) in [5, 5.41) is 0.0827. The van der Waals surface area contributed by atoms with Gasteiger partial charge in [0.25, 0.3) is 0 Å². The Kier molecular flexibility index (Phi) is 3.78. The lowest BCUT2D eigenvalue weighted by Gasteiger charge is -2.21. The molecule has 0 amide bonds. The highest BCUT2D eigenvalue weighted by Gasteiger charge is 2.39. The molecule has 130 valence electrons. The number of oxazole rings is 1. The molecule has 4 rings (SSSR count). The summed E-state index contributed by atoms with van der Waals surface area (Å²) in [5.74, 6) is 1.27. The molecule has 0 aliphatic heterocycles. The van der Waals surface area contributed by atoms with Crippen molar-refractivity contribution in [3.8, 4) is 0 Å². The fourth-order valence-electron chi connectivity index (χ4n) is 4.26. The smallest absolute Gasteiger partial charge is 0.408 e. The molecule has 2 saturated carbocycles. The average molecular weight is 371 g/mol. The standard InChI is InChI=1S/C16H19ClN2O4S/c1-19-13-6-12(17)15(7-14(13)23-16(19)20)24(21,22)18-8-11-5-9-2-3-10(11)4-9/h6-7,9-11,18H,2-5,8H2,1H3/t9-,10-,11-/m1/s1. The van der Waals surface area contributed by atoms with E-state index in [0.29, 0.717) is 23.9 Å². The van der Waals surface area contributed by atoms with E-state index in [0.717, 1.165) is 12.3 Å². The minimum atomic E-state index is -3.74. The Balaban J connectivity index is 1.60. The lowest BCUT2D eigenvalue weighted by molar-refractivity contribution is 0.333. The van der Waals surface area contributed by atoms with Crippen LogP contribution in [-0.2, 0) is 17.1 Å². The van der Waals surface area contributed by atoms with Crippen LogP contribution in [0, 0.1) is 17.8 Å². The highest BCUT2D eigenvalue weighted by atomic mass is 35.5. The molecule has 0 spiro atoms. The number of rotatable bonds is 4. The summed E-state index contributed by atoms with van der Waals surface area (Å²) >= 11 is 6.15. The molecule has 2 aliphatic carbocycles. The Hall–Kier alpha value is -1.31. The summed E-state index contributed by atoms with van der Waals surface area (Å²) in [5.41, 5.74) is 0.684. The van der Waals surface area contributed by atoms with Gasteiger partial charge in [-0.3, -0.25) is 4.57 Å². The summed E-state index contributed by atoms with van der Waals surface area (Å²) in [4.78, 5) is 11.5. The molecule has 1 heterocycles. The zero-order valence-electron chi connectivity index (χ0n) is 13.3. The van der Waals surface area contributed by atoms with E-state index in [-0.39, 0.29) is 15.5 Å². The molecule has 2 fully saturated rings. The lowest BCUT2D eigenvalue weighted by Crippen LogP contribution is -2.31. The number of halogens is 1. The predicted molar refractivity (Wildman–Crippen MR) is 90.6 cm³/mol. The van der Waals surface area contributed by atoms with E-state index in [4.69, 9.17) is 16.0 Å². The molecule has 1 aromatic heterocycles. The second kappa shape index (κ2) is 5.61. The summed E-state index contributed by atoms with van der Waals surface area (Å²) in [7, 11) is -2.20. The molecular formula is C16H19ClN2O4S. The fraction of sp³-hybridized carbons (Fsp3) is 0.562. The third-order valence-corrected chi connectivity index (χ3v) is 7.44. The number of sulfonamides is 1. The Bertz CT molecular complexity index is 962. The highest BCUT2D eigenvalue weighted by Crippen LogP contribution is 2.48. The van der Waals surface area contributed by atoms with E-state index < -0.39 is 15.8 Å². The van der Waals surface area contributed by atoms with Crippen molar-refractivity contribution in [1.82, 2.24) is 9.29 Å². The summed E-state index contributed by atoms with van der Waals surface area (Å²) in [6.45, 7) is 0.441. The van der Waals surface area contributed by atoms with Crippen LogP contribution in [0.1, 0.15) is 25.7 Å². The van der Waals surface area contributed by atoms with Crippen molar-refractivity contribution in [3.05, 3.63) is 27.7 Å². The van der Waals surface area contributed by atoms with Crippen LogP contribution >= 0.6 is 11.6 Å². The molecule has 2 aromatic rings. The number of aromatic nitrogens is 1. The monoisotopic (exact) mass is 370 g/mol. The molecule has 1 N–H and O–H groups in total. The molecule has 0 saturated heterocycles. The number of hydrogen-bond donors (Lipinski definition) is 1.